The van der Waals surface area contributed by atoms with Crippen LogP contribution in [0.2, 0.25) is 0 Å². The first-order valence-electron chi connectivity index (χ1n) is 7.64. The lowest BCUT2D eigenvalue weighted by Gasteiger charge is -2.07. The number of ether oxygens (including phenoxy) is 1. The van der Waals surface area contributed by atoms with Gasteiger partial charge < -0.3 is 10.1 Å². The summed E-state index contributed by atoms with van der Waals surface area (Å²) in [6, 6.07) is 15.9. The number of para-hydroxylation sites is 1. The van der Waals surface area contributed by atoms with Gasteiger partial charge in [0.15, 0.2) is 6.61 Å². The van der Waals surface area contributed by atoms with E-state index in [1.165, 1.54) is 6.33 Å². The zero-order valence-electron chi connectivity index (χ0n) is 13.3. The van der Waals surface area contributed by atoms with E-state index in [0.29, 0.717) is 17.8 Å². The summed E-state index contributed by atoms with van der Waals surface area (Å²) >= 11 is 0. The normalized spacial score (nSPS) is 10.2. The summed E-state index contributed by atoms with van der Waals surface area (Å²) in [7, 11) is 0. The molecule has 0 aliphatic heterocycles. The summed E-state index contributed by atoms with van der Waals surface area (Å²) in [5.74, 6) is -0.933. The van der Waals surface area contributed by atoms with Crippen LogP contribution in [0.4, 0.5) is 5.69 Å². The molecule has 3 aromatic rings. The third-order valence-electron chi connectivity index (χ3n) is 3.39. The topological polar surface area (TPSA) is 86.1 Å². The molecule has 3 rings (SSSR count). The van der Waals surface area contributed by atoms with Gasteiger partial charge in [-0.1, -0.05) is 30.3 Å². The second-order valence-corrected chi connectivity index (χ2v) is 5.28. The molecule has 7 heteroatoms. The van der Waals surface area contributed by atoms with E-state index in [1.54, 1.807) is 35.3 Å². The Morgan fingerprint density at radius 2 is 1.80 bits per heavy atom. The largest absolute Gasteiger partial charge is 0.452 e. The van der Waals surface area contributed by atoms with Crippen LogP contribution in [-0.4, -0.2) is 33.2 Å². The quantitative estimate of drug-likeness (QED) is 0.697. The molecule has 25 heavy (non-hydrogen) atoms. The van der Waals surface area contributed by atoms with E-state index in [9.17, 15) is 9.59 Å². The Balaban J connectivity index is 1.50. The van der Waals surface area contributed by atoms with Crippen molar-refractivity contribution in [3.05, 3.63) is 78.4 Å². The molecular formula is C18H16N4O3. The van der Waals surface area contributed by atoms with Crippen LogP contribution in [0, 0.1) is 0 Å². The van der Waals surface area contributed by atoms with Crippen molar-refractivity contribution in [2.45, 2.75) is 6.54 Å². The summed E-state index contributed by atoms with van der Waals surface area (Å²) < 4.78 is 6.71. The molecule has 126 valence electrons. The number of amides is 1. The lowest BCUT2D eigenvalue weighted by Crippen LogP contribution is -2.20. The van der Waals surface area contributed by atoms with Crippen LogP contribution < -0.4 is 5.32 Å². The molecule has 1 aromatic heterocycles. The standard InChI is InChI=1S/C18H16N4O3/c23-17(21-16-4-2-1-3-5-16)11-25-18(24)15-8-6-14(7-9-15)10-22-13-19-12-20-22/h1-9,12-13H,10-11H2,(H,21,23). The van der Waals surface area contributed by atoms with E-state index in [0.717, 1.165) is 5.56 Å². The lowest BCUT2D eigenvalue weighted by molar-refractivity contribution is -0.119. The molecule has 0 aliphatic rings. The van der Waals surface area contributed by atoms with Crippen molar-refractivity contribution in [1.29, 1.82) is 0 Å². The number of hydrogen-bond acceptors (Lipinski definition) is 5. The van der Waals surface area contributed by atoms with Gasteiger partial charge in [-0.2, -0.15) is 5.10 Å². The van der Waals surface area contributed by atoms with Gasteiger partial charge in [0.05, 0.1) is 12.1 Å². The van der Waals surface area contributed by atoms with E-state index >= 15 is 0 Å². The van der Waals surface area contributed by atoms with Crippen LogP contribution >= 0.6 is 0 Å². The summed E-state index contributed by atoms with van der Waals surface area (Å²) in [5, 5.41) is 6.67. The minimum Gasteiger partial charge on any atom is -0.452 e. The van der Waals surface area contributed by atoms with Crippen LogP contribution in [0.3, 0.4) is 0 Å². The summed E-state index contributed by atoms with van der Waals surface area (Å²) in [6.07, 6.45) is 3.08. The minimum atomic E-state index is -0.546. The Bertz CT molecular complexity index is 831. The van der Waals surface area contributed by atoms with Gasteiger partial charge in [-0.15, -0.1) is 0 Å². The average Bonchev–Trinajstić information content (AvgIpc) is 3.14. The Kier molecular flexibility index (Phi) is 5.16. The molecule has 0 unspecified atom stereocenters. The van der Waals surface area contributed by atoms with Crippen molar-refractivity contribution < 1.29 is 14.3 Å². The number of hydrogen-bond donors (Lipinski definition) is 1. The third kappa shape index (κ3) is 4.74. The first-order chi connectivity index (χ1) is 12.2. The molecule has 0 bridgehead atoms. The fraction of sp³-hybridized carbons (Fsp3) is 0.111. The highest BCUT2D eigenvalue weighted by molar-refractivity contribution is 5.95. The van der Waals surface area contributed by atoms with E-state index in [2.05, 4.69) is 15.4 Å². The summed E-state index contributed by atoms with van der Waals surface area (Å²) in [6.45, 7) is 0.225. The maximum atomic E-state index is 12.0. The van der Waals surface area contributed by atoms with Gasteiger partial charge in [0.2, 0.25) is 0 Å². The summed E-state index contributed by atoms with van der Waals surface area (Å²) in [5.41, 5.74) is 2.01. The fourth-order valence-electron chi connectivity index (χ4n) is 2.18. The molecule has 2 aromatic carbocycles. The number of anilines is 1. The summed E-state index contributed by atoms with van der Waals surface area (Å²) in [4.78, 5) is 27.7. The SMILES string of the molecule is O=C(COC(=O)c1ccc(Cn2cncn2)cc1)Nc1ccccc1. The van der Waals surface area contributed by atoms with Gasteiger partial charge in [0.25, 0.3) is 5.91 Å². The number of carbonyl (C=O) groups excluding carboxylic acids is 2. The molecule has 0 radical (unpaired) electrons. The predicted octanol–water partition coefficient (Wildman–Crippen LogP) is 2.12. The van der Waals surface area contributed by atoms with Gasteiger partial charge in [0, 0.05) is 5.69 Å². The first-order valence-corrected chi connectivity index (χ1v) is 7.64. The van der Waals surface area contributed by atoms with Gasteiger partial charge >= 0.3 is 5.97 Å². The Morgan fingerprint density at radius 3 is 2.48 bits per heavy atom. The van der Waals surface area contributed by atoms with Crippen molar-refractivity contribution in [1.82, 2.24) is 14.8 Å². The molecule has 0 spiro atoms. The lowest BCUT2D eigenvalue weighted by atomic mass is 10.1. The van der Waals surface area contributed by atoms with Crippen molar-refractivity contribution in [2.75, 3.05) is 11.9 Å². The van der Waals surface area contributed by atoms with E-state index in [-0.39, 0.29) is 12.5 Å². The number of rotatable bonds is 6. The smallest absolute Gasteiger partial charge is 0.338 e. The maximum Gasteiger partial charge on any atom is 0.338 e. The second-order valence-electron chi connectivity index (χ2n) is 5.28. The Hall–Kier alpha value is -3.48. The number of nitrogens with zero attached hydrogens (tertiary/aromatic N) is 3. The zero-order chi connectivity index (χ0) is 17.5. The fourth-order valence-corrected chi connectivity index (χ4v) is 2.18. The number of aromatic nitrogens is 3. The van der Waals surface area contributed by atoms with E-state index in [1.807, 2.05) is 30.3 Å². The molecule has 0 saturated carbocycles. The minimum absolute atomic E-state index is 0.339. The zero-order valence-corrected chi connectivity index (χ0v) is 13.3. The highest BCUT2D eigenvalue weighted by atomic mass is 16.5. The highest BCUT2D eigenvalue weighted by Crippen LogP contribution is 2.08. The monoisotopic (exact) mass is 336 g/mol. The van der Waals surface area contributed by atoms with E-state index in [4.69, 9.17) is 4.74 Å². The van der Waals surface area contributed by atoms with Gasteiger partial charge in [-0.25, -0.2) is 14.5 Å². The maximum absolute atomic E-state index is 12.0. The molecule has 1 N–H and O–H groups in total. The second kappa shape index (κ2) is 7.87. The molecule has 0 saturated heterocycles. The Labute approximate surface area is 144 Å². The molecule has 0 atom stereocenters. The molecule has 7 nitrogen and oxygen atoms in total. The number of esters is 1. The van der Waals surface area contributed by atoms with Crippen molar-refractivity contribution in [3.8, 4) is 0 Å². The molecule has 0 fully saturated rings. The third-order valence-corrected chi connectivity index (χ3v) is 3.39. The molecule has 1 amide bonds. The Morgan fingerprint density at radius 1 is 1.04 bits per heavy atom. The highest BCUT2D eigenvalue weighted by Gasteiger charge is 2.10. The van der Waals surface area contributed by atoms with Crippen molar-refractivity contribution in [2.24, 2.45) is 0 Å². The first kappa shape index (κ1) is 16.4. The van der Waals surface area contributed by atoms with Crippen molar-refractivity contribution >= 4 is 17.6 Å². The number of nitrogens with one attached hydrogen (secondary N) is 1. The molecule has 0 aliphatic carbocycles. The van der Waals surface area contributed by atoms with Crippen LogP contribution in [0.5, 0.6) is 0 Å². The molecule has 1 heterocycles. The van der Waals surface area contributed by atoms with Crippen LogP contribution in [0.15, 0.2) is 67.3 Å². The van der Waals surface area contributed by atoms with E-state index < -0.39 is 5.97 Å². The van der Waals surface area contributed by atoms with Gasteiger partial charge in [-0.3, -0.25) is 4.79 Å². The van der Waals surface area contributed by atoms with Crippen LogP contribution in [0.1, 0.15) is 15.9 Å². The van der Waals surface area contributed by atoms with Crippen LogP contribution in [0.25, 0.3) is 0 Å². The van der Waals surface area contributed by atoms with Crippen LogP contribution in [-0.2, 0) is 16.1 Å². The average molecular weight is 336 g/mol. The van der Waals surface area contributed by atoms with Gasteiger partial charge in [-0.05, 0) is 29.8 Å². The predicted molar refractivity (Wildman–Crippen MR) is 90.9 cm³/mol. The van der Waals surface area contributed by atoms with Gasteiger partial charge in [0.1, 0.15) is 12.7 Å². The van der Waals surface area contributed by atoms with Crippen molar-refractivity contribution in [3.63, 3.8) is 0 Å². The molecular weight excluding hydrogens is 320 g/mol. The number of carbonyl (C=O) groups is 2. The number of benzene rings is 2.